The van der Waals surface area contributed by atoms with Gasteiger partial charge >= 0.3 is 0 Å². The molecule has 0 spiro atoms. The van der Waals surface area contributed by atoms with Gasteiger partial charge in [-0.3, -0.25) is 9.89 Å². The molecule has 140 valence electrons. The summed E-state index contributed by atoms with van der Waals surface area (Å²) in [6.45, 7) is 11.6. The summed E-state index contributed by atoms with van der Waals surface area (Å²) in [4.78, 5) is 11.5. The van der Waals surface area contributed by atoms with E-state index in [1.165, 1.54) is 31.5 Å². The highest BCUT2D eigenvalue weighted by molar-refractivity contribution is 6.29. The number of rotatable bonds is 8. The lowest BCUT2D eigenvalue weighted by atomic mass is 10.2. The summed E-state index contributed by atoms with van der Waals surface area (Å²) < 4.78 is 0. The van der Waals surface area contributed by atoms with Crippen molar-refractivity contribution in [1.29, 1.82) is 0 Å². The molecule has 0 unspecified atom stereocenters. The summed E-state index contributed by atoms with van der Waals surface area (Å²) in [6.07, 6.45) is 5.28. The molecule has 1 fully saturated rings. The van der Waals surface area contributed by atoms with Crippen molar-refractivity contribution >= 4 is 17.6 Å². The smallest absolute Gasteiger partial charge is 0.191 e. The fourth-order valence-electron chi connectivity index (χ4n) is 3.23. The van der Waals surface area contributed by atoms with Gasteiger partial charge in [0.2, 0.25) is 0 Å². The predicted molar refractivity (Wildman–Crippen MR) is 106 cm³/mol. The van der Waals surface area contributed by atoms with Gasteiger partial charge in [-0.25, -0.2) is 4.98 Å². The van der Waals surface area contributed by atoms with Crippen LogP contribution >= 0.6 is 11.6 Å². The number of hydrogen-bond acceptors (Lipinski definition) is 3. The third-order valence-corrected chi connectivity index (χ3v) is 4.62. The Morgan fingerprint density at radius 3 is 2.92 bits per heavy atom. The van der Waals surface area contributed by atoms with Crippen molar-refractivity contribution in [2.24, 2.45) is 10.9 Å². The molecule has 2 N–H and O–H groups in total. The quantitative estimate of drug-likeness (QED) is 0.422. The average Bonchev–Trinajstić information content (AvgIpc) is 3.01. The Balaban J connectivity index is 1.82. The van der Waals surface area contributed by atoms with E-state index in [9.17, 15) is 0 Å². The number of hydrogen-bond donors (Lipinski definition) is 2. The first kappa shape index (κ1) is 20.0. The predicted octanol–water partition coefficient (Wildman–Crippen LogP) is 2.95. The fourth-order valence-corrected chi connectivity index (χ4v) is 3.34. The third-order valence-electron chi connectivity index (χ3n) is 4.40. The van der Waals surface area contributed by atoms with Crippen LogP contribution in [0.1, 0.15) is 39.2 Å². The largest absolute Gasteiger partial charge is 0.357 e. The maximum Gasteiger partial charge on any atom is 0.191 e. The van der Waals surface area contributed by atoms with Gasteiger partial charge in [-0.05, 0) is 50.3 Å². The van der Waals surface area contributed by atoms with Crippen LogP contribution in [0.5, 0.6) is 0 Å². The number of nitrogens with zero attached hydrogens (tertiary/aromatic N) is 3. The molecule has 1 aromatic rings. The molecule has 0 saturated carbocycles. The van der Waals surface area contributed by atoms with Crippen LogP contribution in [-0.2, 0) is 6.42 Å². The van der Waals surface area contributed by atoms with Crippen LogP contribution in [0.25, 0.3) is 0 Å². The Hall–Kier alpha value is -1.33. The van der Waals surface area contributed by atoms with E-state index in [1.54, 1.807) is 0 Å². The molecule has 1 aliphatic heterocycles. The van der Waals surface area contributed by atoms with Crippen LogP contribution in [0.4, 0.5) is 0 Å². The molecule has 25 heavy (non-hydrogen) atoms. The van der Waals surface area contributed by atoms with Crippen LogP contribution in [0.2, 0.25) is 5.15 Å². The second kappa shape index (κ2) is 10.6. The Kier molecular flexibility index (Phi) is 8.49. The first-order valence-corrected chi connectivity index (χ1v) is 9.83. The standard InChI is InChI=1S/C19H32ClN5/c1-4-21-19(22-10-9-16-7-8-18(20)23-12-16)24-13-17-6-5-11-25(17)14-15(2)3/h7-8,12,15,17H,4-6,9-11,13-14H2,1-3H3,(H2,21,22,24)/t17-/m1/s1. The number of nitrogens with one attached hydrogen (secondary N) is 2. The summed E-state index contributed by atoms with van der Waals surface area (Å²) >= 11 is 5.82. The number of likely N-dealkylation sites (tertiary alicyclic amines) is 1. The summed E-state index contributed by atoms with van der Waals surface area (Å²) in [6, 6.07) is 4.43. The highest BCUT2D eigenvalue weighted by Crippen LogP contribution is 2.18. The highest BCUT2D eigenvalue weighted by atomic mass is 35.5. The minimum absolute atomic E-state index is 0.536. The molecular weight excluding hydrogens is 334 g/mol. The summed E-state index contributed by atoms with van der Waals surface area (Å²) in [5, 5.41) is 7.30. The van der Waals surface area contributed by atoms with Gasteiger partial charge in [-0.1, -0.05) is 31.5 Å². The van der Waals surface area contributed by atoms with Crippen LogP contribution in [-0.4, -0.2) is 54.6 Å². The third kappa shape index (κ3) is 7.20. The van der Waals surface area contributed by atoms with Gasteiger partial charge in [-0.2, -0.15) is 0 Å². The molecule has 1 saturated heterocycles. The number of halogens is 1. The Morgan fingerprint density at radius 1 is 1.40 bits per heavy atom. The lowest BCUT2D eigenvalue weighted by Gasteiger charge is -2.25. The topological polar surface area (TPSA) is 52.6 Å². The normalized spacial score (nSPS) is 18.8. The van der Waals surface area contributed by atoms with E-state index in [-0.39, 0.29) is 0 Å². The second-order valence-electron chi connectivity index (χ2n) is 7.07. The maximum absolute atomic E-state index is 5.82. The molecule has 0 amide bonds. The van der Waals surface area contributed by atoms with Crippen LogP contribution in [0.15, 0.2) is 23.3 Å². The molecule has 5 nitrogen and oxygen atoms in total. The zero-order valence-electron chi connectivity index (χ0n) is 15.8. The van der Waals surface area contributed by atoms with E-state index in [0.29, 0.717) is 17.1 Å². The fraction of sp³-hybridized carbons (Fsp3) is 0.684. The average molecular weight is 366 g/mol. The monoisotopic (exact) mass is 365 g/mol. The first-order chi connectivity index (χ1) is 12.1. The van der Waals surface area contributed by atoms with Crippen LogP contribution in [0.3, 0.4) is 0 Å². The Labute approximate surface area is 157 Å². The van der Waals surface area contributed by atoms with Crippen molar-refractivity contribution in [3.05, 3.63) is 29.0 Å². The SMILES string of the molecule is CCNC(=NC[C@H]1CCCN1CC(C)C)NCCc1ccc(Cl)nc1. The molecule has 0 aliphatic carbocycles. The molecular formula is C19H32ClN5. The first-order valence-electron chi connectivity index (χ1n) is 9.45. The van der Waals surface area contributed by atoms with E-state index >= 15 is 0 Å². The number of pyridine rings is 1. The van der Waals surface area contributed by atoms with Gasteiger partial charge in [0.05, 0.1) is 6.54 Å². The second-order valence-corrected chi connectivity index (χ2v) is 7.46. The molecule has 0 radical (unpaired) electrons. The summed E-state index contributed by atoms with van der Waals surface area (Å²) in [5.74, 6) is 1.62. The van der Waals surface area contributed by atoms with Gasteiger partial charge < -0.3 is 10.6 Å². The maximum atomic E-state index is 5.82. The van der Waals surface area contributed by atoms with Gasteiger partial charge in [0, 0.05) is 31.9 Å². The molecule has 2 rings (SSSR count). The van der Waals surface area contributed by atoms with Crippen molar-refractivity contribution in [3.8, 4) is 0 Å². The molecule has 6 heteroatoms. The van der Waals surface area contributed by atoms with E-state index in [0.717, 1.165) is 32.0 Å². The van der Waals surface area contributed by atoms with Gasteiger partial charge in [0.25, 0.3) is 0 Å². The lowest BCUT2D eigenvalue weighted by molar-refractivity contribution is 0.231. The van der Waals surface area contributed by atoms with E-state index in [1.807, 2.05) is 18.3 Å². The van der Waals surface area contributed by atoms with Crippen LogP contribution < -0.4 is 10.6 Å². The van der Waals surface area contributed by atoms with E-state index in [2.05, 4.69) is 41.3 Å². The van der Waals surface area contributed by atoms with E-state index < -0.39 is 0 Å². The Morgan fingerprint density at radius 2 is 2.24 bits per heavy atom. The summed E-state index contributed by atoms with van der Waals surface area (Å²) in [5.41, 5.74) is 1.17. The molecule has 1 aromatic heterocycles. The van der Waals surface area contributed by atoms with Crippen molar-refractivity contribution in [3.63, 3.8) is 0 Å². The molecule has 0 bridgehead atoms. The van der Waals surface area contributed by atoms with Crippen molar-refractivity contribution < 1.29 is 0 Å². The lowest BCUT2D eigenvalue weighted by Crippen LogP contribution is -2.40. The minimum atomic E-state index is 0.536. The van der Waals surface area contributed by atoms with E-state index in [4.69, 9.17) is 16.6 Å². The Bertz CT molecular complexity index is 529. The molecule has 2 heterocycles. The molecule has 1 atom stereocenters. The molecule has 1 aliphatic rings. The van der Waals surface area contributed by atoms with Crippen molar-refractivity contribution in [1.82, 2.24) is 20.5 Å². The molecule has 0 aromatic carbocycles. The van der Waals surface area contributed by atoms with Gasteiger partial charge in [0.1, 0.15) is 5.15 Å². The highest BCUT2D eigenvalue weighted by Gasteiger charge is 2.24. The zero-order chi connectivity index (χ0) is 18.1. The van der Waals surface area contributed by atoms with Crippen molar-refractivity contribution in [2.75, 3.05) is 32.7 Å². The number of guanidine groups is 1. The van der Waals surface area contributed by atoms with Gasteiger partial charge in [0.15, 0.2) is 5.96 Å². The zero-order valence-corrected chi connectivity index (χ0v) is 16.5. The van der Waals surface area contributed by atoms with Crippen molar-refractivity contribution in [2.45, 2.75) is 46.1 Å². The summed E-state index contributed by atoms with van der Waals surface area (Å²) in [7, 11) is 0. The minimum Gasteiger partial charge on any atom is -0.357 e. The number of aliphatic imine (C=N–C) groups is 1. The van der Waals surface area contributed by atoms with Gasteiger partial charge in [-0.15, -0.1) is 0 Å². The van der Waals surface area contributed by atoms with Crippen LogP contribution in [0, 0.1) is 5.92 Å². The number of aromatic nitrogens is 1.